The highest BCUT2D eigenvalue weighted by molar-refractivity contribution is 6.18. The van der Waals surface area contributed by atoms with Crippen molar-refractivity contribution in [2.45, 2.75) is 66.8 Å². The van der Waals surface area contributed by atoms with Gasteiger partial charge < -0.3 is 0 Å². The molecule has 1 saturated carbocycles. The second-order valence-corrected chi connectivity index (χ2v) is 8.63. The first-order valence-corrected chi connectivity index (χ1v) is 7.55. The zero-order valence-corrected chi connectivity index (χ0v) is 13.9. The monoisotopic (exact) mass is 294 g/mol. The number of nitrogens with one attached hydrogen (secondary N) is 1. The van der Waals surface area contributed by atoms with Crippen molar-refractivity contribution in [3.8, 4) is 0 Å². The van der Waals surface area contributed by atoms with Gasteiger partial charge in [0, 0.05) is 6.04 Å². The number of amides is 4. The first-order valence-electron chi connectivity index (χ1n) is 7.55. The van der Waals surface area contributed by atoms with Gasteiger partial charge in [-0.25, -0.2) is 4.79 Å². The zero-order valence-electron chi connectivity index (χ0n) is 13.9. The Balaban J connectivity index is 2.34. The molecule has 118 valence electrons. The number of rotatable bonds is 1. The van der Waals surface area contributed by atoms with Crippen LogP contribution in [0.2, 0.25) is 0 Å². The predicted molar refractivity (Wildman–Crippen MR) is 79.4 cm³/mol. The molecule has 21 heavy (non-hydrogen) atoms. The molecule has 0 aromatic carbocycles. The summed E-state index contributed by atoms with van der Waals surface area (Å²) in [4.78, 5) is 38.0. The van der Waals surface area contributed by atoms with E-state index in [1.54, 1.807) is 13.8 Å². The minimum absolute atomic E-state index is 0.0680. The summed E-state index contributed by atoms with van der Waals surface area (Å²) < 4.78 is 0. The van der Waals surface area contributed by atoms with Crippen molar-refractivity contribution in [2.75, 3.05) is 0 Å². The molecule has 0 aromatic rings. The Kier molecular flexibility index (Phi) is 3.47. The lowest BCUT2D eigenvalue weighted by molar-refractivity contribution is -0.152. The minimum Gasteiger partial charge on any atom is -0.277 e. The van der Waals surface area contributed by atoms with Crippen LogP contribution in [0.4, 0.5) is 4.79 Å². The number of imide groups is 2. The average Bonchev–Trinajstić information content (AvgIpc) is 2.22. The molecule has 4 amide bonds. The van der Waals surface area contributed by atoms with E-state index in [0.717, 1.165) is 19.3 Å². The van der Waals surface area contributed by atoms with Crippen molar-refractivity contribution in [1.29, 1.82) is 0 Å². The van der Waals surface area contributed by atoms with Gasteiger partial charge in [0.2, 0.25) is 11.8 Å². The van der Waals surface area contributed by atoms with Crippen molar-refractivity contribution in [3.05, 3.63) is 0 Å². The zero-order chi connectivity index (χ0) is 16.2. The van der Waals surface area contributed by atoms with Crippen molar-refractivity contribution in [1.82, 2.24) is 10.2 Å². The lowest BCUT2D eigenvalue weighted by Crippen LogP contribution is -2.65. The molecule has 1 aliphatic heterocycles. The Morgan fingerprint density at radius 2 is 1.43 bits per heavy atom. The maximum Gasteiger partial charge on any atom is 0.331 e. The number of hydrogen-bond donors (Lipinski definition) is 1. The van der Waals surface area contributed by atoms with Crippen molar-refractivity contribution in [3.63, 3.8) is 0 Å². The first-order chi connectivity index (χ1) is 9.36. The highest BCUT2D eigenvalue weighted by Gasteiger charge is 2.52. The summed E-state index contributed by atoms with van der Waals surface area (Å²) in [6.07, 6.45) is 2.61. The van der Waals surface area contributed by atoms with Gasteiger partial charge in [-0.05, 0) is 43.9 Å². The fraction of sp³-hybridized carbons (Fsp3) is 0.812. The summed E-state index contributed by atoms with van der Waals surface area (Å²) in [5, 5.41) is 2.33. The number of hydrogen-bond acceptors (Lipinski definition) is 3. The second-order valence-electron chi connectivity index (χ2n) is 8.63. The maximum atomic E-state index is 12.6. The maximum absolute atomic E-state index is 12.6. The van der Waals surface area contributed by atoms with E-state index in [0.29, 0.717) is 0 Å². The van der Waals surface area contributed by atoms with E-state index in [2.05, 4.69) is 33.0 Å². The fourth-order valence-corrected chi connectivity index (χ4v) is 4.11. The van der Waals surface area contributed by atoms with E-state index in [1.807, 2.05) is 0 Å². The molecule has 1 N–H and O–H groups in total. The number of urea groups is 1. The van der Waals surface area contributed by atoms with Gasteiger partial charge in [-0.1, -0.05) is 27.7 Å². The average molecular weight is 294 g/mol. The highest BCUT2D eigenvalue weighted by Crippen LogP contribution is 2.47. The summed E-state index contributed by atoms with van der Waals surface area (Å²) in [6.45, 7) is 11.8. The third kappa shape index (κ3) is 2.83. The van der Waals surface area contributed by atoms with Gasteiger partial charge in [0.1, 0.15) is 5.41 Å². The molecule has 1 heterocycles. The SMILES string of the molecule is CC1(C)CC(N2C(=O)NC(=O)C(C)(C)C2=O)CC(C)(C)C1. The molecule has 0 bridgehead atoms. The van der Waals surface area contributed by atoms with Gasteiger partial charge in [0.15, 0.2) is 0 Å². The van der Waals surface area contributed by atoms with Crippen LogP contribution in [0.1, 0.15) is 60.8 Å². The number of carbonyl (C=O) groups is 3. The third-order valence-electron chi connectivity index (χ3n) is 4.66. The topological polar surface area (TPSA) is 66.5 Å². The van der Waals surface area contributed by atoms with Crippen molar-refractivity contribution < 1.29 is 14.4 Å². The predicted octanol–water partition coefficient (Wildman–Crippen LogP) is 2.70. The van der Waals surface area contributed by atoms with Crippen LogP contribution in [-0.4, -0.2) is 28.8 Å². The first kappa shape index (κ1) is 16.0. The summed E-state index contributed by atoms with van der Waals surface area (Å²) >= 11 is 0. The van der Waals surface area contributed by atoms with Crippen molar-refractivity contribution >= 4 is 17.8 Å². The molecule has 0 unspecified atom stereocenters. The molecule has 2 aliphatic rings. The van der Waals surface area contributed by atoms with Crippen molar-refractivity contribution in [2.24, 2.45) is 16.2 Å². The molecular formula is C16H26N2O3. The molecule has 2 fully saturated rings. The fourth-order valence-electron chi connectivity index (χ4n) is 4.11. The second kappa shape index (κ2) is 4.55. The van der Waals surface area contributed by atoms with Crippen LogP contribution in [0.25, 0.3) is 0 Å². The molecule has 0 radical (unpaired) electrons. The standard InChI is InChI=1S/C16H26N2O3/c1-14(2)7-10(8-15(3,4)9-14)18-12(20)16(5,6)11(19)17-13(18)21/h10H,7-9H2,1-6H3,(H,17,19,21). The Labute approximate surface area is 126 Å². The molecule has 0 atom stereocenters. The van der Waals surface area contributed by atoms with E-state index < -0.39 is 17.4 Å². The molecule has 5 nitrogen and oxygen atoms in total. The summed E-state index contributed by atoms with van der Waals surface area (Å²) in [6, 6.07) is -0.716. The van der Waals surface area contributed by atoms with Crippen LogP contribution in [0.3, 0.4) is 0 Å². The van der Waals surface area contributed by atoms with Gasteiger partial charge in [-0.15, -0.1) is 0 Å². The molecule has 0 aromatic heterocycles. The number of carbonyl (C=O) groups excluding carboxylic acids is 3. The summed E-state index contributed by atoms with van der Waals surface area (Å²) in [5.41, 5.74) is -1.04. The number of nitrogens with zero attached hydrogens (tertiary/aromatic N) is 1. The highest BCUT2D eigenvalue weighted by atomic mass is 16.2. The van der Waals surface area contributed by atoms with Gasteiger partial charge in [-0.3, -0.25) is 19.8 Å². The molecule has 5 heteroatoms. The molecule has 1 aliphatic carbocycles. The van der Waals surface area contributed by atoms with Crippen LogP contribution >= 0.6 is 0 Å². The van der Waals surface area contributed by atoms with Crippen LogP contribution in [0.5, 0.6) is 0 Å². The Morgan fingerprint density at radius 3 is 1.90 bits per heavy atom. The van der Waals surface area contributed by atoms with Gasteiger partial charge >= 0.3 is 6.03 Å². The van der Waals surface area contributed by atoms with E-state index in [1.165, 1.54) is 4.90 Å². The lowest BCUT2D eigenvalue weighted by atomic mass is 9.63. The quantitative estimate of drug-likeness (QED) is 0.756. The Bertz CT molecular complexity index is 490. The normalized spacial score (nSPS) is 28.5. The van der Waals surface area contributed by atoms with Gasteiger partial charge in [-0.2, -0.15) is 0 Å². The van der Waals surface area contributed by atoms with Crippen LogP contribution < -0.4 is 5.32 Å². The summed E-state index contributed by atoms with van der Waals surface area (Å²) in [5.74, 6) is -0.891. The molecule has 2 rings (SSSR count). The van der Waals surface area contributed by atoms with E-state index in [4.69, 9.17) is 0 Å². The van der Waals surface area contributed by atoms with Crippen LogP contribution in [0, 0.1) is 16.2 Å². The summed E-state index contributed by atoms with van der Waals surface area (Å²) in [7, 11) is 0. The van der Waals surface area contributed by atoms with Crippen LogP contribution in [0.15, 0.2) is 0 Å². The smallest absolute Gasteiger partial charge is 0.277 e. The van der Waals surface area contributed by atoms with E-state index >= 15 is 0 Å². The lowest BCUT2D eigenvalue weighted by Gasteiger charge is -2.49. The number of barbiturate groups is 1. The van der Waals surface area contributed by atoms with Crippen LogP contribution in [-0.2, 0) is 9.59 Å². The molecule has 0 spiro atoms. The van der Waals surface area contributed by atoms with Gasteiger partial charge in [0.25, 0.3) is 0 Å². The third-order valence-corrected chi connectivity index (χ3v) is 4.66. The molecular weight excluding hydrogens is 268 g/mol. The molecule has 1 saturated heterocycles. The van der Waals surface area contributed by atoms with Gasteiger partial charge in [0.05, 0.1) is 0 Å². The Hall–Kier alpha value is -1.39. The van der Waals surface area contributed by atoms with E-state index in [-0.39, 0.29) is 22.8 Å². The minimum atomic E-state index is -1.18. The van der Waals surface area contributed by atoms with E-state index in [9.17, 15) is 14.4 Å². The largest absolute Gasteiger partial charge is 0.331 e. The Morgan fingerprint density at radius 1 is 0.952 bits per heavy atom.